The number of hydrogen-bond acceptors (Lipinski definition) is 4. The molecular weight excluding hydrogens is 225 g/mol. The maximum atomic E-state index is 12.6. The lowest BCUT2D eigenvalue weighted by Gasteiger charge is -2.04. The van der Waals surface area contributed by atoms with Crippen molar-refractivity contribution in [1.29, 1.82) is 0 Å². The van der Waals surface area contributed by atoms with Crippen LogP contribution >= 0.6 is 11.3 Å². The van der Waals surface area contributed by atoms with Gasteiger partial charge in [0, 0.05) is 4.88 Å². The zero-order chi connectivity index (χ0) is 11.4. The molecule has 0 amide bonds. The predicted octanol–water partition coefficient (Wildman–Crippen LogP) is 2.85. The third kappa shape index (κ3) is 2.55. The van der Waals surface area contributed by atoms with E-state index in [0.29, 0.717) is 12.5 Å². The maximum absolute atomic E-state index is 12.6. The van der Waals surface area contributed by atoms with Crippen LogP contribution in [0.5, 0.6) is 0 Å². The van der Waals surface area contributed by atoms with Gasteiger partial charge in [0.15, 0.2) is 5.82 Å². The summed E-state index contributed by atoms with van der Waals surface area (Å²) in [4.78, 5) is 8.95. The number of aryl methyl sites for hydroxylation is 1. The van der Waals surface area contributed by atoms with Crippen LogP contribution in [0.4, 0.5) is 10.3 Å². The first-order chi connectivity index (χ1) is 7.79. The Morgan fingerprint density at radius 1 is 1.38 bits per heavy atom. The van der Waals surface area contributed by atoms with Crippen LogP contribution in [0.3, 0.4) is 0 Å². The van der Waals surface area contributed by atoms with Crippen LogP contribution < -0.4 is 5.32 Å². The molecule has 0 saturated carbocycles. The molecule has 0 aliphatic heterocycles. The van der Waals surface area contributed by atoms with Gasteiger partial charge >= 0.3 is 0 Å². The van der Waals surface area contributed by atoms with Gasteiger partial charge in [-0.15, -0.1) is 11.3 Å². The van der Waals surface area contributed by atoms with E-state index in [1.165, 1.54) is 10.4 Å². The monoisotopic (exact) mass is 237 g/mol. The molecule has 0 spiro atoms. The lowest BCUT2D eigenvalue weighted by Crippen LogP contribution is -2.03. The Bertz CT molecular complexity index is 453. The van der Waals surface area contributed by atoms with Gasteiger partial charge in [-0.2, -0.15) is 0 Å². The Morgan fingerprint density at radius 2 is 2.12 bits per heavy atom. The molecule has 0 aromatic carbocycles. The molecule has 2 rings (SSSR count). The van der Waals surface area contributed by atoms with Gasteiger partial charge < -0.3 is 5.32 Å². The van der Waals surface area contributed by atoms with Crippen molar-refractivity contribution >= 4 is 17.3 Å². The number of rotatable bonds is 4. The fraction of sp³-hybridized carbons (Fsp3) is 0.273. The topological polar surface area (TPSA) is 37.8 Å². The molecule has 0 aliphatic carbocycles. The number of aromatic nitrogens is 2. The van der Waals surface area contributed by atoms with E-state index >= 15 is 0 Å². The zero-order valence-electron chi connectivity index (χ0n) is 8.90. The molecular formula is C11H12FN3S. The Labute approximate surface area is 97.4 Å². The molecule has 0 bridgehead atoms. The van der Waals surface area contributed by atoms with E-state index in [1.807, 2.05) is 0 Å². The minimum Gasteiger partial charge on any atom is -0.349 e. The molecule has 1 N–H and O–H groups in total. The van der Waals surface area contributed by atoms with E-state index in [4.69, 9.17) is 0 Å². The zero-order valence-corrected chi connectivity index (χ0v) is 9.72. The van der Waals surface area contributed by atoms with Crippen LogP contribution in [0, 0.1) is 5.82 Å². The van der Waals surface area contributed by atoms with E-state index in [-0.39, 0.29) is 0 Å². The summed E-state index contributed by atoms with van der Waals surface area (Å²) in [6.45, 7) is 2.81. The lowest BCUT2D eigenvalue weighted by atomic mass is 10.2. The van der Waals surface area contributed by atoms with Crippen molar-refractivity contribution in [2.24, 2.45) is 0 Å². The molecule has 0 unspecified atom stereocenters. The summed E-state index contributed by atoms with van der Waals surface area (Å²) in [7, 11) is 0. The molecule has 0 atom stereocenters. The van der Waals surface area contributed by atoms with Crippen molar-refractivity contribution in [3.05, 3.63) is 40.1 Å². The fourth-order valence-corrected chi connectivity index (χ4v) is 2.32. The summed E-state index contributed by atoms with van der Waals surface area (Å²) in [5, 5.41) is 5.14. The predicted molar refractivity (Wildman–Crippen MR) is 63.0 cm³/mol. The number of halogens is 1. The number of hydrogen-bond donors (Lipinski definition) is 1. The van der Waals surface area contributed by atoms with Gasteiger partial charge in [-0.25, -0.2) is 14.4 Å². The number of nitrogens with zero attached hydrogens (tertiary/aromatic N) is 2. The first-order valence-corrected chi connectivity index (χ1v) is 5.94. The van der Waals surface area contributed by atoms with E-state index in [0.717, 1.165) is 18.8 Å². The first-order valence-electron chi connectivity index (χ1n) is 5.06. The van der Waals surface area contributed by atoms with Crippen molar-refractivity contribution in [1.82, 2.24) is 9.97 Å². The summed E-state index contributed by atoms with van der Waals surface area (Å²) in [6.07, 6.45) is 3.33. The van der Waals surface area contributed by atoms with Crippen molar-refractivity contribution in [2.75, 3.05) is 5.32 Å². The molecule has 5 heteroatoms. The van der Waals surface area contributed by atoms with Crippen LogP contribution in [0.25, 0.3) is 0 Å². The standard InChI is InChI=1S/C11H12FN3S/c1-2-8-3-4-16-10(8)7-15-11-13-5-9(12)6-14-11/h3-6H,2,7H2,1H3,(H,13,14,15). The van der Waals surface area contributed by atoms with E-state index in [1.54, 1.807) is 11.3 Å². The van der Waals surface area contributed by atoms with Gasteiger partial charge in [-0.1, -0.05) is 6.92 Å². The van der Waals surface area contributed by atoms with Gasteiger partial charge in [-0.3, -0.25) is 0 Å². The normalized spacial score (nSPS) is 10.4. The molecule has 0 aliphatic rings. The number of nitrogens with one attached hydrogen (secondary N) is 1. The second-order valence-electron chi connectivity index (χ2n) is 3.30. The average Bonchev–Trinajstić information content (AvgIpc) is 2.76. The molecule has 84 valence electrons. The Balaban J connectivity index is 1.99. The maximum Gasteiger partial charge on any atom is 0.223 e. The third-order valence-corrected chi connectivity index (χ3v) is 3.21. The average molecular weight is 237 g/mol. The summed E-state index contributed by atoms with van der Waals surface area (Å²) in [6, 6.07) is 2.12. The largest absolute Gasteiger partial charge is 0.349 e. The fourth-order valence-electron chi connectivity index (χ4n) is 1.40. The summed E-state index contributed by atoms with van der Waals surface area (Å²) < 4.78 is 12.6. The Kier molecular flexibility index (Phi) is 3.46. The second-order valence-corrected chi connectivity index (χ2v) is 4.30. The highest BCUT2D eigenvalue weighted by atomic mass is 32.1. The quantitative estimate of drug-likeness (QED) is 0.888. The van der Waals surface area contributed by atoms with Gasteiger partial charge in [0.05, 0.1) is 18.9 Å². The van der Waals surface area contributed by atoms with Gasteiger partial charge in [0.1, 0.15) is 0 Å². The van der Waals surface area contributed by atoms with Crippen LogP contribution in [0.1, 0.15) is 17.4 Å². The molecule has 2 aromatic heterocycles. The van der Waals surface area contributed by atoms with Crippen molar-refractivity contribution in [3.8, 4) is 0 Å². The first kappa shape index (κ1) is 11.0. The summed E-state index contributed by atoms with van der Waals surface area (Å²) in [5.41, 5.74) is 1.33. The minimum absolute atomic E-state index is 0.420. The number of thiophene rings is 1. The summed E-state index contributed by atoms with van der Waals surface area (Å²) in [5.74, 6) is 0.0350. The van der Waals surface area contributed by atoms with E-state index < -0.39 is 5.82 Å². The molecule has 3 nitrogen and oxygen atoms in total. The molecule has 2 heterocycles. The van der Waals surface area contributed by atoms with Gasteiger partial charge in [0.2, 0.25) is 5.95 Å². The van der Waals surface area contributed by atoms with E-state index in [2.05, 4.69) is 33.7 Å². The third-order valence-electron chi connectivity index (χ3n) is 2.25. The molecule has 2 aromatic rings. The molecule has 0 radical (unpaired) electrons. The van der Waals surface area contributed by atoms with Crippen LogP contribution in [0.2, 0.25) is 0 Å². The van der Waals surface area contributed by atoms with Crippen LogP contribution in [-0.4, -0.2) is 9.97 Å². The van der Waals surface area contributed by atoms with Gasteiger partial charge in [-0.05, 0) is 23.4 Å². The van der Waals surface area contributed by atoms with Crippen molar-refractivity contribution in [2.45, 2.75) is 19.9 Å². The summed E-state index contributed by atoms with van der Waals surface area (Å²) >= 11 is 1.70. The Morgan fingerprint density at radius 3 is 2.81 bits per heavy atom. The minimum atomic E-state index is -0.420. The van der Waals surface area contributed by atoms with Crippen LogP contribution in [0.15, 0.2) is 23.8 Å². The highest BCUT2D eigenvalue weighted by molar-refractivity contribution is 7.10. The van der Waals surface area contributed by atoms with Crippen LogP contribution in [-0.2, 0) is 13.0 Å². The molecule has 0 fully saturated rings. The van der Waals surface area contributed by atoms with E-state index in [9.17, 15) is 4.39 Å². The molecule has 16 heavy (non-hydrogen) atoms. The van der Waals surface area contributed by atoms with Crippen molar-refractivity contribution < 1.29 is 4.39 Å². The Hall–Kier alpha value is -1.49. The smallest absolute Gasteiger partial charge is 0.223 e. The SMILES string of the molecule is CCc1ccsc1CNc1ncc(F)cn1. The number of anilines is 1. The highest BCUT2D eigenvalue weighted by Gasteiger charge is 2.03. The highest BCUT2D eigenvalue weighted by Crippen LogP contribution is 2.18. The second kappa shape index (κ2) is 5.03. The van der Waals surface area contributed by atoms with Gasteiger partial charge in [0.25, 0.3) is 0 Å². The van der Waals surface area contributed by atoms with Crippen molar-refractivity contribution in [3.63, 3.8) is 0 Å². The molecule has 0 saturated heterocycles. The lowest BCUT2D eigenvalue weighted by molar-refractivity contribution is 0.614.